The lowest BCUT2D eigenvalue weighted by molar-refractivity contribution is 0.192. The smallest absolute Gasteiger partial charge is 0.115 e. The largest absolute Gasteiger partial charge is 0.397 e. The van der Waals surface area contributed by atoms with Gasteiger partial charge in [-0.05, 0) is 19.1 Å². The first-order chi connectivity index (χ1) is 6.68. The Morgan fingerprint density at radius 3 is 3.14 bits per heavy atom. The van der Waals surface area contributed by atoms with Crippen molar-refractivity contribution in [1.82, 2.24) is 9.38 Å². The van der Waals surface area contributed by atoms with Crippen molar-refractivity contribution >= 4 is 11.2 Å². The zero-order valence-electron chi connectivity index (χ0n) is 8.01. The summed E-state index contributed by atoms with van der Waals surface area (Å²) in [6.07, 6.45) is 3.78. The maximum atomic E-state index is 9.27. The molecule has 2 aromatic rings. The van der Waals surface area contributed by atoms with Crippen LogP contribution in [-0.2, 0) is 6.42 Å². The Kier molecular flexibility index (Phi) is 2.13. The molecule has 0 bridgehead atoms. The van der Waals surface area contributed by atoms with Crippen LogP contribution >= 0.6 is 0 Å². The number of aliphatic hydroxyl groups excluding tert-OH is 1. The molecule has 74 valence electrons. The summed E-state index contributed by atoms with van der Waals surface area (Å²) in [7, 11) is 0. The number of aliphatic hydroxyl groups is 1. The van der Waals surface area contributed by atoms with Crippen LogP contribution in [0.4, 0.5) is 5.69 Å². The monoisotopic (exact) mass is 191 g/mol. The molecule has 1 atom stereocenters. The number of rotatable bonds is 2. The molecule has 3 N–H and O–H groups in total. The Hall–Kier alpha value is -1.55. The fourth-order valence-electron chi connectivity index (χ4n) is 1.51. The summed E-state index contributed by atoms with van der Waals surface area (Å²) >= 11 is 0. The Balaban J connectivity index is 2.52. The first-order valence-corrected chi connectivity index (χ1v) is 4.57. The molecular formula is C10H13N3O. The van der Waals surface area contributed by atoms with Crippen molar-refractivity contribution in [3.63, 3.8) is 0 Å². The van der Waals surface area contributed by atoms with E-state index in [1.54, 1.807) is 13.1 Å². The SMILES string of the molecule is CC(O)Cc1ncc2c(N)cccn12. The number of pyridine rings is 1. The Morgan fingerprint density at radius 2 is 2.43 bits per heavy atom. The third-order valence-electron chi connectivity index (χ3n) is 2.16. The van der Waals surface area contributed by atoms with Crippen molar-refractivity contribution in [3.8, 4) is 0 Å². The van der Waals surface area contributed by atoms with E-state index >= 15 is 0 Å². The van der Waals surface area contributed by atoms with E-state index in [1.807, 2.05) is 22.7 Å². The molecule has 1 unspecified atom stereocenters. The van der Waals surface area contributed by atoms with Crippen molar-refractivity contribution < 1.29 is 5.11 Å². The molecule has 2 rings (SSSR count). The van der Waals surface area contributed by atoms with Gasteiger partial charge >= 0.3 is 0 Å². The van der Waals surface area contributed by atoms with Crippen LogP contribution < -0.4 is 5.73 Å². The van der Waals surface area contributed by atoms with Gasteiger partial charge in [-0.15, -0.1) is 0 Å². The lowest BCUT2D eigenvalue weighted by Crippen LogP contribution is -2.07. The number of imidazole rings is 1. The molecule has 0 spiro atoms. The zero-order valence-corrected chi connectivity index (χ0v) is 8.01. The van der Waals surface area contributed by atoms with Crippen LogP contribution in [0.3, 0.4) is 0 Å². The number of nitrogens with zero attached hydrogens (tertiary/aromatic N) is 2. The summed E-state index contributed by atoms with van der Waals surface area (Å²) in [6.45, 7) is 1.74. The van der Waals surface area contributed by atoms with Gasteiger partial charge in [-0.2, -0.15) is 0 Å². The van der Waals surface area contributed by atoms with Gasteiger partial charge in [0, 0.05) is 12.6 Å². The molecule has 14 heavy (non-hydrogen) atoms. The minimum absolute atomic E-state index is 0.387. The van der Waals surface area contributed by atoms with Gasteiger partial charge in [-0.25, -0.2) is 4.98 Å². The van der Waals surface area contributed by atoms with Crippen molar-refractivity contribution in [2.45, 2.75) is 19.4 Å². The van der Waals surface area contributed by atoms with Crippen molar-refractivity contribution in [3.05, 3.63) is 30.4 Å². The summed E-state index contributed by atoms with van der Waals surface area (Å²) in [4.78, 5) is 4.22. The third-order valence-corrected chi connectivity index (χ3v) is 2.16. The second kappa shape index (κ2) is 3.31. The van der Waals surface area contributed by atoms with Crippen LogP contribution in [0.1, 0.15) is 12.7 Å². The van der Waals surface area contributed by atoms with Crippen LogP contribution in [0.5, 0.6) is 0 Å². The highest BCUT2D eigenvalue weighted by Gasteiger charge is 2.07. The van der Waals surface area contributed by atoms with Crippen LogP contribution in [0.25, 0.3) is 5.52 Å². The average Bonchev–Trinajstić information content (AvgIpc) is 2.49. The van der Waals surface area contributed by atoms with Crippen molar-refractivity contribution in [1.29, 1.82) is 0 Å². The highest BCUT2D eigenvalue weighted by atomic mass is 16.3. The molecule has 0 fully saturated rings. The maximum Gasteiger partial charge on any atom is 0.115 e. The fraction of sp³-hybridized carbons (Fsp3) is 0.300. The Morgan fingerprint density at radius 1 is 1.64 bits per heavy atom. The van der Waals surface area contributed by atoms with Gasteiger partial charge < -0.3 is 15.2 Å². The normalized spacial score (nSPS) is 13.3. The summed E-state index contributed by atoms with van der Waals surface area (Å²) in [5.41, 5.74) is 7.37. The number of fused-ring (bicyclic) bond motifs is 1. The molecule has 0 amide bonds. The number of anilines is 1. The second-order valence-corrected chi connectivity index (χ2v) is 3.45. The number of nitrogen functional groups attached to an aromatic ring is 1. The average molecular weight is 191 g/mol. The highest BCUT2D eigenvalue weighted by Crippen LogP contribution is 2.15. The van der Waals surface area contributed by atoms with Gasteiger partial charge in [0.05, 0.1) is 23.5 Å². The van der Waals surface area contributed by atoms with Crippen LogP contribution in [-0.4, -0.2) is 20.6 Å². The minimum Gasteiger partial charge on any atom is -0.397 e. The van der Waals surface area contributed by atoms with Gasteiger partial charge in [0.25, 0.3) is 0 Å². The predicted octanol–water partition coefficient (Wildman–Crippen LogP) is 0.840. The molecule has 2 aromatic heterocycles. The third kappa shape index (κ3) is 1.44. The van der Waals surface area contributed by atoms with E-state index < -0.39 is 0 Å². The first-order valence-electron chi connectivity index (χ1n) is 4.57. The molecule has 0 aliphatic carbocycles. The molecule has 2 heterocycles. The van der Waals surface area contributed by atoms with Gasteiger partial charge in [0.1, 0.15) is 5.82 Å². The fourth-order valence-corrected chi connectivity index (χ4v) is 1.51. The van der Waals surface area contributed by atoms with Gasteiger partial charge in [0.2, 0.25) is 0 Å². The zero-order chi connectivity index (χ0) is 10.1. The minimum atomic E-state index is -0.387. The molecule has 0 radical (unpaired) electrons. The number of aromatic nitrogens is 2. The number of hydrogen-bond acceptors (Lipinski definition) is 3. The summed E-state index contributed by atoms with van der Waals surface area (Å²) in [5.74, 6) is 0.835. The number of hydrogen-bond donors (Lipinski definition) is 2. The molecule has 0 saturated heterocycles. The van der Waals surface area contributed by atoms with E-state index in [4.69, 9.17) is 5.73 Å². The van der Waals surface area contributed by atoms with E-state index in [0.717, 1.165) is 11.3 Å². The number of nitrogens with two attached hydrogens (primary N) is 1. The van der Waals surface area contributed by atoms with Gasteiger partial charge in [-0.3, -0.25) is 0 Å². The molecule has 0 aliphatic rings. The topological polar surface area (TPSA) is 63.5 Å². The van der Waals surface area contributed by atoms with Crippen LogP contribution in [0, 0.1) is 0 Å². The molecule has 0 aliphatic heterocycles. The highest BCUT2D eigenvalue weighted by molar-refractivity contribution is 5.68. The molecule has 0 saturated carbocycles. The lowest BCUT2D eigenvalue weighted by Gasteiger charge is -2.04. The molecular weight excluding hydrogens is 178 g/mol. The van der Waals surface area contributed by atoms with Crippen molar-refractivity contribution in [2.75, 3.05) is 5.73 Å². The van der Waals surface area contributed by atoms with E-state index in [9.17, 15) is 5.11 Å². The molecule has 0 aromatic carbocycles. The summed E-state index contributed by atoms with van der Waals surface area (Å²) in [6, 6.07) is 3.71. The van der Waals surface area contributed by atoms with Crippen molar-refractivity contribution in [2.24, 2.45) is 0 Å². The van der Waals surface area contributed by atoms with Gasteiger partial charge in [0.15, 0.2) is 0 Å². The maximum absolute atomic E-state index is 9.27. The standard InChI is InChI=1S/C10H13N3O/c1-7(14)5-10-12-6-9-8(11)3-2-4-13(9)10/h2-4,6-7,14H,5,11H2,1H3. The van der Waals surface area contributed by atoms with E-state index in [-0.39, 0.29) is 6.10 Å². The Bertz CT molecular complexity index is 448. The quantitative estimate of drug-likeness (QED) is 0.739. The van der Waals surface area contributed by atoms with E-state index in [1.165, 1.54) is 0 Å². The summed E-state index contributed by atoms with van der Waals surface area (Å²) in [5, 5.41) is 9.27. The van der Waals surface area contributed by atoms with E-state index in [2.05, 4.69) is 4.98 Å². The lowest BCUT2D eigenvalue weighted by atomic mass is 10.3. The first kappa shape index (κ1) is 9.02. The van der Waals surface area contributed by atoms with Gasteiger partial charge in [-0.1, -0.05) is 0 Å². The van der Waals surface area contributed by atoms with Crippen LogP contribution in [0.15, 0.2) is 24.5 Å². The summed E-state index contributed by atoms with van der Waals surface area (Å²) < 4.78 is 1.90. The van der Waals surface area contributed by atoms with E-state index in [0.29, 0.717) is 12.1 Å². The predicted molar refractivity (Wildman–Crippen MR) is 55.0 cm³/mol. The van der Waals surface area contributed by atoms with Crippen LogP contribution in [0.2, 0.25) is 0 Å². The second-order valence-electron chi connectivity index (χ2n) is 3.45. The molecule has 4 heteroatoms. The Labute approximate surface area is 82.0 Å². The molecule has 4 nitrogen and oxygen atoms in total.